The summed E-state index contributed by atoms with van der Waals surface area (Å²) in [6.07, 6.45) is -1.02. The lowest BCUT2D eigenvalue weighted by atomic mass is 9.76. The molecule has 5 aromatic rings. The highest BCUT2D eigenvalue weighted by atomic mass is 16.4. The Kier molecular flexibility index (Phi) is 12.1. The van der Waals surface area contributed by atoms with E-state index in [4.69, 9.17) is 8.83 Å². The molecule has 0 saturated carbocycles. The third-order valence-corrected chi connectivity index (χ3v) is 9.47. The topological polar surface area (TPSA) is 210 Å². The molecule has 4 unspecified atom stereocenters. The zero-order valence-corrected chi connectivity index (χ0v) is 29.4. The van der Waals surface area contributed by atoms with Gasteiger partial charge in [0.05, 0.1) is 11.8 Å². The molecule has 0 fully saturated rings. The molecule has 4 atom stereocenters. The van der Waals surface area contributed by atoms with Crippen LogP contribution in [-0.2, 0) is 22.4 Å². The Hall–Kier alpha value is -6.56. The fourth-order valence-corrected chi connectivity index (χ4v) is 6.82. The van der Waals surface area contributed by atoms with Crippen LogP contribution >= 0.6 is 0 Å². The molecule has 0 saturated heterocycles. The maximum Gasteiger partial charge on any atom is 0.350 e. The van der Waals surface area contributed by atoms with Crippen LogP contribution in [0.25, 0.3) is 0 Å². The van der Waals surface area contributed by atoms with E-state index in [1.807, 2.05) is 0 Å². The number of carbonyl (C=O) groups is 4. The molecule has 0 aliphatic heterocycles. The van der Waals surface area contributed by atoms with Crippen molar-refractivity contribution >= 4 is 23.5 Å². The summed E-state index contributed by atoms with van der Waals surface area (Å²) in [4.78, 5) is 78.3. The minimum absolute atomic E-state index is 0.00226. The molecule has 0 bridgehead atoms. The highest BCUT2D eigenvalue weighted by Crippen LogP contribution is 2.37. The van der Waals surface area contributed by atoms with Gasteiger partial charge in [0.2, 0.25) is 0 Å². The van der Waals surface area contributed by atoms with Gasteiger partial charge in [0.15, 0.2) is 11.6 Å². The molecule has 5 rings (SSSR count). The van der Waals surface area contributed by atoms with Crippen LogP contribution in [0, 0.1) is 25.7 Å². The molecular formula is C42H38O12. The summed E-state index contributed by atoms with van der Waals surface area (Å²) in [5, 5.41) is 42.0. The monoisotopic (exact) mass is 734 g/mol. The fourth-order valence-electron chi connectivity index (χ4n) is 6.82. The average Bonchev–Trinajstić information content (AvgIpc) is 3.11. The SMILES string of the molecule is Cc1cc(O)c(C(=O)CC(c2ccc(C(CC(=O)c3c(O)cc(C)oc3=O)C(Cc3ccccc3)C(=O)O)cc2)C(Cc2ccccc2)C(=O)O)c(=O)o1. The van der Waals surface area contributed by atoms with Crippen molar-refractivity contribution < 1.29 is 48.4 Å². The van der Waals surface area contributed by atoms with Gasteiger partial charge < -0.3 is 29.3 Å². The van der Waals surface area contributed by atoms with Crippen LogP contribution < -0.4 is 11.3 Å². The maximum absolute atomic E-state index is 13.6. The lowest BCUT2D eigenvalue weighted by Crippen LogP contribution is -2.28. The fraction of sp³-hybridized carbons (Fsp3) is 0.238. The molecule has 0 radical (unpaired) electrons. The van der Waals surface area contributed by atoms with Crippen molar-refractivity contribution in [1.82, 2.24) is 0 Å². The third kappa shape index (κ3) is 9.08. The summed E-state index contributed by atoms with van der Waals surface area (Å²) in [6.45, 7) is 2.85. The molecular weight excluding hydrogens is 696 g/mol. The Balaban J connectivity index is 1.58. The third-order valence-electron chi connectivity index (χ3n) is 9.47. The molecule has 4 N–H and O–H groups in total. The standard InChI is InChI=1S/C42H38O12/c1-23-17-33(43)37(41(51)53-23)35(45)21-29(31(39(47)48)19-25-9-5-3-6-10-25)27-13-15-28(16-14-27)30(32(40(49)50)20-26-11-7-4-8-12-26)22-36(46)38-34(44)18-24(2)54-42(38)52/h3-18,29-32,43-44H,19-22H2,1-2H3,(H,47,48)(H,49,50). The Labute approximate surface area is 309 Å². The van der Waals surface area contributed by atoms with Gasteiger partial charge in [-0.3, -0.25) is 19.2 Å². The number of aliphatic carboxylic acids is 2. The summed E-state index contributed by atoms with van der Waals surface area (Å²) in [7, 11) is 0. The van der Waals surface area contributed by atoms with Gasteiger partial charge in [-0.1, -0.05) is 84.9 Å². The van der Waals surface area contributed by atoms with Crippen molar-refractivity contribution in [2.24, 2.45) is 11.8 Å². The summed E-state index contributed by atoms with van der Waals surface area (Å²) in [6, 6.07) is 25.8. The first kappa shape index (κ1) is 38.7. The van der Waals surface area contributed by atoms with Crippen LogP contribution in [0.2, 0.25) is 0 Å². The number of hydrogen-bond acceptors (Lipinski definition) is 10. The second-order valence-electron chi connectivity index (χ2n) is 13.2. The molecule has 3 aromatic carbocycles. The van der Waals surface area contributed by atoms with Crippen molar-refractivity contribution in [3.8, 4) is 11.5 Å². The van der Waals surface area contributed by atoms with E-state index >= 15 is 0 Å². The van der Waals surface area contributed by atoms with Gasteiger partial charge in [-0.2, -0.15) is 0 Å². The minimum atomic E-state index is -1.23. The molecule has 0 amide bonds. The van der Waals surface area contributed by atoms with E-state index in [0.717, 1.165) is 12.1 Å². The van der Waals surface area contributed by atoms with Crippen LogP contribution in [0.4, 0.5) is 0 Å². The Morgan fingerprint density at radius 1 is 0.556 bits per heavy atom. The van der Waals surface area contributed by atoms with E-state index in [1.54, 1.807) is 60.7 Å². The van der Waals surface area contributed by atoms with Crippen molar-refractivity contribution in [2.45, 2.75) is 51.4 Å². The lowest BCUT2D eigenvalue weighted by Gasteiger charge is -2.27. The Morgan fingerprint density at radius 3 is 1.19 bits per heavy atom. The van der Waals surface area contributed by atoms with Gasteiger partial charge in [0, 0.05) is 36.8 Å². The first-order valence-electron chi connectivity index (χ1n) is 17.1. The molecule has 278 valence electrons. The highest BCUT2D eigenvalue weighted by Gasteiger charge is 2.36. The molecule has 0 aliphatic rings. The summed E-state index contributed by atoms with van der Waals surface area (Å²) < 4.78 is 10.1. The maximum atomic E-state index is 13.6. The van der Waals surface area contributed by atoms with Crippen LogP contribution in [0.1, 0.15) is 79.2 Å². The second-order valence-corrected chi connectivity index (χ2v) is 13.2. The largest absolute Gasteiger partial charge is 0.507 e. The van der Waals surface area contributed by atoms with Gasteiger partial charge >= 0.3 is 23.2 Å². The molecule has 0 aliphatic carbocycles. The molecule has 2 aromatic heterocycles. The van der Waals surface area contributed by atoms with Crippen molar-refractivity contribution in [3.05, 3.63) is 163 Å². The molecule has 2 heterocycles. The van der Waals surface area contributed by atoms with Crippen molar-refractivity contribution in [2.75, 3.05) is 0 Å². The smallest absolute Gasteiger partial charge is 0.350 e. The minimum Gasteiger partial charge on any atom is -0.507 e. The first-order chi connectivity index (χ1) is 25.7. The molecule has 0 spiro atoms. The average molecular weight is 735 g/mol. The van der Waals surface area contributed by atoms with Gasteiger partial charge in [-0.25, -0.2) is 9.59 Å². The van der Waals surface area contributed by atoms with E-state index in [9.17, 15) is 49.2 Å². The van der Waals surface area contributed by atoms with Crippen LogP contribution in [-0.4, -0.2) is 43.9 Å². The Bertz CT molecular complexity index is 2110. The molecule has 12 nitrogen and oxygen atoms in total. The highest BCUT2D eigenvalue weighted by molar-refractivity contribution is 5.99. The number of ketones is 2. The summed E-state index contributed by atoms with van der Waals surface area (Å²) in [5.74, 6) is -9.71. The van der Waals surface area contributed by atoms with Gasteiger partial charge in [-0.05, 0) is 48.9 Å². The zero-order valence-electron chi connectivity index (χ0n) is 29.4. The number of aryl methyl sites for hydroxylation is 2. The molecule has 54 heavy (non-hydrogen) atoms. The number of aromatic hydroxyl groups is 2. The van der Waals surface area contributed by atoms with Crippen molar-refractivity contribution in [1.29, 1.82) is 0 Å². The predicted molar refractivity (Wildman–Crippen MR) is 195 cm³/mol. The quantitative estimate of drug-likeness (QED) is 0.0833. The van der Waals surface area contributed by atoms with E-state index in [-0.39, 0.29) is 24.4 Å². The number of hydrogen-bond donors (Lipinski definition) is 4. The van der Waals surface area contributed by atoms with Gasteiger partial charge in [0.25, 0.3) is 0 Å². The normalized spacial score (nSPS) is 13.4. The van der Waals surface area contributed by atoms with E-state index < -0.39 is 93.9 Å². The predicted octanol–water partition coefficient (Wildman–Crippen LogP) is 6.22. The van der Waals surface area contributed by atoms with E-state index in [0.29, 0.717) is 22.3 Å². The number of carboxylic acids is 2. The van der Waals surface area contributed by atoms with Crippen molar-refractivity contribution in [3.63, 3.8) is 0 Å². The molecule has 12 heteroatoms. The number of Topliss-reactive ketones (excluding diaryl/α,β-unsaturated/α-hetero) is 2. The number of carboxylic acid groups (broad SMARTS) is 2. The number of rotatable bonds is 16. The van der Waals surface area contributed by atoms with Crippen LogP contribution in [0.15, 0.2) is 115 Å². The Morgan fingerprint density at radius 2 is 0.889 bits per heavy atom. The number of benzene rings is 3. The first-order valence-corrected chi connectivity index (χ1v) is 17.1. The van der Waals surface area contributed by atoms with E-state index in [1.165, 1.54) is 38.1 Å². The number of carbonyl (C=O) groups excluding carboxylic acids is 2. The zero-order chi connectivity index (χ0) is 39.1. The summed E-state index contributed by atoms with van der Waals surface area (Å²) >= 11 is 0. The van der Waals surface area contributed by atoms with Gasteiger partial charge in [0.1, 0.15) is 34.1 Å². The van der Waals surface area contributed by atoms with Gasteiger partial charge in [-0.15, -0.1) is 0 Å². The van der Waals surface area contributed by atoms with E-state index in [2.05, 4.69) is 0 Å². The lowest BCUT2D eigenvalue weighted by molar-refractivity contribution is -0.143. The van der Waals surface area contributed by atoms with Crippen LogP contribution in [0.3, 0.4) is 0 Å². The second kappa shape index (κ2) is 16.8. The summed E-state index contributed by atoms with van der Waals surface area (Å²) in [5.41, 5.74) is -1.32. The van der Waals surface area contributed by atoms with Crippen LogP contribution in [0.5, 0.6) is 11.5 Å².